The molecule has 2 aromatic carbocycles. The van der Waals surface area contributed by atoms with Gasteiger partial charge >= 0.3 is 0 Å². The summed E-state index contributed by atoms with van der Waals surface area (Å²) in [6.07, 6.45) is 2.59. The number of likely N-dealkylation sites (N-methyl/N-ethyl adjacent to an activating group) is 1. The van der Waals surface area contributed by atoms with Gasteiger partial charge in [-0.1, -0.05) is 36.4 Å². The summed E-state index contributed by atoms with van der Waals surface area (Å²) in [5, 5.41) is 0. The van der Waals surface area contributed by atoms with Crippen LogP contribution in [0.5, 0.6) is 11.5 Å². The Labute approximate surface area is 131 Å². The number of hydrogen-bond acceptors (Lipinski definition) is 3. The predicted molar refractivity (Wildman–Crippen MR) is 87.4 cm³/mol. The summed E-state index contributed by atoms with van der Waals surface area (Å²) in [7, 11) is 2.18. The van der Waals surface area contributed by atoms with Gasteiger partial charge in [0.25, 0.3) is 0 Å². The average Bonchev–Trinajstić information content (AvgIpc) is 3.01. The van der Waals surface area contributed by atoms with Crippen molar-refractivity contribution in [2.75, 3.05) is 20.2 Å². The second-order valence-electron chi connectivity index (χ2n) is 6.19. The zero-order valence-corrected chi connectivity index (χ0v) is 12.9. The van der Waals surface area contributed by atoms with Gasteiger partial charge in [0.1, 0.15) is 12.7 Å². The minimum absolute atomic E-state index is 0.141. The lowest BCUT2D eigenvalue weighted by Crippen LogP contribution is -2.45. The van der Waals surface area contributed by atoms with Crippen LogP contribution >= 0.6 is 0 Å². The number of ether oxygens (including phenoxy) is 2. The van der Waals surface area contributed by atoms with Gasteiger partial charge in [0.15, 0.2) is 11.5 Å². The van der Waals surface area contributed by atoms with Gasteiger partial charge in [-0.25, -0.2) is 0 Å². The van der Waals surface area contributed by atoms with Crippen molar-refractivity contribution in [3.63, 3.8) is 0 Å². The summed E-state index contributed by atoms with van der Waals surface area (Å²) in [6.45, 7) is 1.80. The van der Waals surface area contributed by atoms with Crippen molar-refractivity contribution in [2.45, 2.75) is 25.0 Å². The fourth-order valence-corrected chi connectivity index (χ4v) is 3.49. The Morgan fingerprint density at radius 3 is 2.64 bits per heavy atom. The number of nitrogens with zero attached hydrogens (tertiary/aromatic N) is 1. The van der Waals surface area contributed by atoms with Crippen LogP contribution in [0, 0.1) is 0 Å². The first-order valence-corrected chi connectivity index (χ1v) is 8.00. The van der Waals surface area contributed by atoms with E-state index in [2.05, 4.69) is 48.3 Å². The largest absolute Gasteiger partial charge is 0.486 e. The molecule has 0 amide bonds. The molecule has 0 unspecified atom stereocenters. The Kier molecular flexibility index (Phi) is 3.51. The van der Waals surface area contributed by atoms with Crippen molar-refractivity contribution in [1.82, 2.24) is 4.90 Å². The highest BCUT2D eigenvalue weighted by Gasteiger charge is 2.34. The third-order valence-corrected chi connectivity index (χ3v) is 4.74. The molecule has 0 radical (unpaired) electrons. The minimum atomic E-state index is 0.141. The van der Waals surface area contributed by atoms with E-state index in [4.69, 9.17) is 9.47 Å². The summed E-state index contributed by atoms with van der Waals surface area (Å²) in [5.74, 6) is 1.73. The molecule has 22 heavy (non-hydrogen) atoms. The molecule has 2 aliphatic heterocycles. The van der Waals surface area contributed by atoms with Crippen molar-refractivity contribution < 1.29 is 9.47 Å². The zero-order valence-electron chi connectivity index (χ0n) is 12.9. The molecule has 0 N–H and O–H groups in total. The van der Waals surface area contributed by atoms with Crippen LogP contribution in [0.2, 0.25) is 0 Å². The molecule has 0 saturated carbocycles. The van der Waals surface area contributed by atoms with Crippen molar-refractivity contribution in [2.24, 2.45) is 0 Å². The van der Waals surface area contributed by atoms with Gasteiger partial charge in [-0.15, -0.1) is 0 Å². The standard InChI is InChI=1S/C19H21NO2/c1-20-11-5-8-16(20)19-13-21-18-12-15(9-10-17(18)22-19)14-6-3-2-4-7-14/h2-4,6-7,9-10,12,16,19H,5,8,11,13H2,1H3/t16-,19+/m0/s1. The molecule has 3 nitrogen and oxygen atoms in total. The van der Waals surface area contributed by atoms with E-state index in [0.717, 1.165) is 18.0 Å². The van der Waals surface area contributed by atoms with Crippen molar-refractivity contribution in [3.05, 3.63) is 48.5 Å². The van der Waals surface area contributed by atoms with Crippen molar-refractivity contribution in [1.29, 1.82) is 0 Å². The average molecular weight is 295 g/mol. The molecule has 2 aromatic rings. The van der Waals surface area contributed by atoms with Crippen LogP contribution < -0.4 is 9.47 Å². The highest BCUT2D eigenvalue weighted by molar-refractivity contribution is 5.67. The van der Waals surface area contributed by atoms with Crippen LogP contribution in [0.15, 0.2) is 48.5 Å². The van der Waals surface area contributed by atoms with E-state index in [1.54, 1.807) is 0 Å². The van der Waals surface area contributed by atoms with Crippen LogP contribution in [-0.2, 0) is 0 Å². The maximum atomic E-state index is 6.21. The minimum Gasteiger partial charge on any atom is -0.486 e. The van der Waals surface area contributed by atoms with Crippen LogP contribution in [0.1, 0.15) is 12.8 Å². The molecule has 2 heterocycles. The van der Waals surface area contributed by atoms with Gasteiger partial charge in [0, 0.05) is 6.04 Å². The van der Waals surface area contributed by atoms with Gasteiger partial charge in [-0.05, 0) is 49.7 Å². The smallest absolute Gasteiger partial charge is 0.162 e. The van der Waals surface area contributed by atoms with Crippen LogP contribution in [-0.4, -0.2) is 37.2 Å². The second kappa shape index (κ2) is 5.65. The van der Waals surface area contributed by atoms with Crippen LogP contribution in [0.3, 0.4) is 0 Å². The summed E-state index contributed by atoms with van der Waals surface area (Å²) in [5.41, 5.74) is 2.37. The van der Waals surface area contributed by atoms with E-state index in [1.165, 1.54) is 24.0 Å². The summed E-state index contributed by atoms with van der Waals surface area (Å²) in [6, 6.07) is 17.1. The van der Waals surface area contributed by atoms with E-state index >= 15 is 0 Å². The van der Waals surface area contributed by atoms with Gasteiger partial charge in [0.05, 0.1) is 0 Å². The topological polar surface area (TPSA) is 21.7 Å². The monoisotopic (exact) mass is 295 g/mol. The van der Waals surface area contributed by atoms with E-state index in [-0.39, 0.29) is 6.10 Å². The number of likely N-dealkylation sites (tertiary alicyclic amines) is 1. The molecule has 114 valence electrons. The Balaban J connectivity index is 1.57. The lowest BCUT2D eigenvalue weighted by atomic mass is 10.0. The third kappa shape index (κ3) is 2.46. The number of rotatable bonds is 2. The molecule has 0 aromatic heterocycles. The number of hydrogen-bond donors (Lipinski definition) is 0. The molecular formula is C19H21NO2. The Morgan fingerprint density at radius 1 is 1.00 bits per heavy atom. The summed E-state index contributed by atoms with van der Waals surface area (Å²) in [4.78, 5) is 2.39. The zero-order chi connectivity index (χ0) is 14.9. The van der Waals surface area contributed by atoms with Gasteiger partial charge in [0.2, 0.25) is 0 Å². The van der Waals surface area contributed by atoms with E-state index in [0.29, 0.717) is 12.6 Å². The van der Waals surface area contributed by atoms with E-state index < -0.39 is 0 Å². The van der Waals surface area contributed by atoms with Gasteiger partial charge in [-0.3, -0.25) is 4.90 Å². The molecule has 1 saturated heterocycles. The molecule has 3 heteroatoms. The summed E-state index contributed by atoms with van der Waals surface area (Å²) >= 11 is 0. The van der Waals surface area contributed by atoms with E-state index in [9.17, 15) is 0 Å². The Morgan fingerprint density at radius 2 is 1.86 bits per heavy atom. The highest BCUT2D eigenvalue weighted by Crippen LogP contribution is 2.37. The van der Waals surface area contributed by atoms with Gasteiger partial charge in [-0.2, -0.15) is 0 Å². The Hall–Kier alpha value is -2.00. The first-order chi connectivity index (χ1) is 10.8. The van der Waals surface area contributed by atoms with Crippen molar-refractivity contribution >= 4 is 0 Å². The third-order valence-electron chi connectivity index (χ3n) is 4.74. The molecule has 4 rings (SSSR count). The predicted octanol–water partition coefficient (Wildman–Crippen LogP) is 3.59. The fourth-order valence-electron chi connectivity index (χ4n) is 3.49. The van der Waals surface area contributed by atoms with Crippen molar-refractivity contribution in [3.8, 4) is 22.6 Å². The quantitative estimate of drug-likeness (QED) is 0.845. The highest BCUT2D eigenvalue weighted by atomic mass is 16.6. The first kappa shape index (κ1) is 13.6. The van der Waals surface area contributed by atoms with E-state index in [1.807, 2.05) is 12.1 Å². The SMILES string of the molecule is CN1CCC[C@H]1[C@H]1COc2cc(-c3ccccc3)ccc2O1. The van der Waals surface area contributed by atoms with Crippen LogP contribution in [0.25, 0.3) is 11.1 Å². The lowest BCUT2D eigenvalue weighted by molar-refractivity contribution is 0.0369. The number of fused-ring (bicyclic) bond motifs is 1. The molecule has 1 fully saturated rings. The maximum Gasteiger partial charge on any atom is 0.162 e. The lowest BCUT2D eigenvalue weighted by Gasteiger charge is -2.33. The normalized spacial score (nSPS) is 24.4. The maximum absolute atomic E-state index is 6.21. The fraction of sp³-hybridized carbons (Fsp3) is 0.368. The molecule has 2 aliphatic rings. The molecular weight excluding hydrogens is 274 g/mol. The molecule has 0 bridgehead atoms. The first-order valence-electron chi connectivity index (χ1n) is 8.00. The molecule has 0 spiro atoms. The molecule has 0 aliphatic carbocycles. The second-order valence-corrected chi connectivity index (χ2v) is 6.19. The van der Waals surface area contributed by atoms with Crippen LogP contribution in [0.4, 0.5) is 0 Å². The number of benzene rings is 2. The Bertz CT molecular complexity index is 656. The summed E-state index contributed by atoms with van der Waals surface area (Å²) < 4.78 is 12.2. The molecule has 2 atom stereocenters. The van der Waals surface area contributed by atoms with Gasteiger partial charge < -0.3 is 9.47 Å².